The van der Waals surface area contributed by atoms with Crippen LogP contribution in [0.2, 0.25) is 0 Å². The number of carbonyl (C=O) groups excluding carboxylic acids is 2. The van der Waals surface area contributed by atoms with E-state index in [4.69, 9.17) is 0 Å². The Kier molecular flexibility index (Phi) is 11.6. The van der Waals surface area contributed by atoms with E-state index in [2.05, 4.69) is 13.2 Å². The second-order valence-corrected chi connectivity index (χ2v) is 5.55. The largest absolute Gasteiger partial charge is 0.295 e. The number of rotatable bonds is 12. The second kappa shape index (κ2) is 12.8. The first-order valence-corrected chi connectivity index (χ1v) is 7.79. The molecule has 0 fully saturated rings. The van der Waals surface area contributed by atoms with Crippen LogP contribution >= 0.6 is 0 Å². The molecule has 0 heterocycles. The maximum absolute atomic E-state index is 11.6. The van der Waals surface area contributed by atoms with Gasteiger partial charge >= 0.3 is 0 Å². The highest BCUT2D eigenvalue weighted by Gasteiger charge is 1.99. The molecular weight excluding hydrogens is 272 g/mol. The van der Waals surface area contributed by atoms with E-state index in [9.17, 15) is 9.59 Å². The number of hydrogen-bond acceptors (Lipinski definition) is 2. The standard InChI is InChI=1S/C20H28O2/c1-17(2)11-7-5-9-13-19(21)15-16-20(22)14-10-6-8-12-18(3)4/h7-8,11-12,15-16H,1,3,5-6,9-10,13-14H2,2,4H3/b11-7+,12-8+,16-15+. The van der Waals surface area contributed by atoms with Gasteiger partial charge in [0, 0.05) is 12.8 Å². The van der Waals surface area contributed by atoms with Crippen LogP contribution in [0, 0.1) is 0 Å². The number of hydrogen-bond donors (Lipinski definition) is 0. The third-order valence-electron chi connectivity index (χ3n) is 2.85. The van der Waals surface area contributed by atoms with Crippen molar-refractivity contribution in [3.8, 4) is 0 Å². The fraction of sp³-hybridized carbons (Fsp3) is 0.400. The van der Waals surface area contributed by atoms with E-state index >= 15 is 0 Å². The molecule has 0 aliphatic carbocycles. The average molecular weight is 300 g/mol. The minimum Gasteiger partial charge on any atom is -0.295 e. The predicted octanol–water partition coefficient (Wildman–Crippen LogP) is 5.29. The molecule has 0 aromatic heterocycles. The second-order valence-electron chi connectivity index (χ2n) is 5.55. The molecule has 2 heteroatoms. The van der Waals surface area contributed by atoms with Gasteiger partial charge in [0.2, 0.25) is 0 Å². The van der Waals surface area contributed by atoms with Gasteiger partial charge in [-0.25, -0.2) is 0 Å². The molecule has 0 bridgehead atoms. The molecule has 0 aliphatic rings. The molecule has 0 spiro atoms. The fourth-order valence-electron chi connectivity index (χ4n) is 1.71. The first-order valence-electron chi connectivity index (χ1n) is 7.79. The third kappa shape index (κ3) is 14.4. The van der Waals surface area contributed by atoms with Crippen molar-refractivity contribution in [3.63, 3.8) is 0 Å². The predicted molar refractivity (Wildman–Crippen MR) is 94.8 cm³/mol. The van der Waals surface area contributed by atoms with Gasteiger partial charge in [-0.2, -0.15) is 0 Å². The summed E-state index contributed by atoms with van der Waals surface area (Å²) in [6.07, 6.45) is 15.0. The van der Waals surface area contributed by atoms with Gasteiger partial charge in [-0.3, -0.25) is 9.59 Å². The zero-order valence-electron chi connectivity index (χ0n) is 13.9. The van der Waals surface area contributed by atoms with Crippen molar-refractivity contribution in [1.29, 1.82) is 0 Å². The lowest BCUT2D eigenvalue weighted by molar-refractivity contribution is -0.116. The minimum absolute atomic E-state index is 0.0132. The highest BCUT2D eigenvalue weighted by molar-refractivity contribution is 5.98. The Morgan fingerprint density at radius 3 is 1.41 bits per heavy atom. The van der Waals surface area contributed by atoms with Gasteiger partial charge in [0.05, 0.1) is 0 Å². The van der Waals surface area contributed by atoms with Gasteiger partial charge < -0.3 is 0 Å². The number of ketones is 2. The summed E-state index contributed by atoms with van der Waals surface area (Å²) in [6.45, 7) is 11.4. The molecule has 0 saturated carbocycles. The maximum Gasteiger partial charge on any atom is 0.155 e. The van der Waals surface area contributed by atoms with Crippen molar-refractivity contribution in [2.24, 2.45) is 0 Å². The van der Waals surface area contributed by atoms with E-state index < -0.39 is 0 Å². The van der Waals surface area contributed by atoms with Gasteiger partial charge in [-0.1, -0.05) is 48.6 Å². The number of allylic oxidation sites excluding steroid dienone is 8. The van der Waals surface area contributed by atoms with Gasteiger partial charge in [0.15, 0.2) is 11.6 Å². The van der Waals surface area contributed by atoms with Gasteiger partial charge in [-0.05, 0) is 51.7 Å². The van der Waals surface area contributed by atoms with Crippen LogP contribution in [0.3, 0.4) is 0 Å². The molecule has 0 aliphatic heterocycles. The molecule has 0 atom stereocenters. The Morgan fingerprint density at radius 2 is 1.09 bits per heavy atom. The summed E-state index contributed by atoms with van der Waals surface area (Å²) in [6, 6.07) is 0. The Morgan fingerprint density at radius 1 is 0.727 bits per heavy atom. The zero-order chi connectivity index (χ0) is 16.8. The van der Waals surface area contributed by atoms with E-state index in [0.29, 0.717) is 12.8 Å². The van der Waals surface area contributed by atoms with E-state index in [1.807, 2.05) is 38.2 Å². The van der Waals surface area contributed by atoms with E-state index in [-0.39, 0.29) is 11.6 Å². The lowest BCUT2D eigenvalue weighted by Gasteiger charge is -1.95. The minimum atomic E-state index is 0.0132. The number of unbranched alkanes of at least 4 members (excludes halogenated alkanes) is 2. The Bertz CT molecular complexity index is 432. The van der Waals surface area contributed by atoms with Crippen LogP contribution in [0.1, 0.15) is 52.4 Å². The van der Waals surface area contributed by atoms with E-state index in [1.54, 1.807) is 0 Å². The molecule has 0 saturated heterocycles. The van der Waals surface area contributed by atoms with Crippen molar-refractivity contribution in [1.82, 2.24) is 0 Å². The van der Waals surface area contributed by atoms with E-state index in [1.165, 1.54) is 12.2 Å². The highest BCUT2D eigenvalue weighted by atomic mass is 16.1. The maximum atomic E-state index is 11.6. The van der Waals surface area contributed by atoms with Crippen molar-refractivity contribution in [2.45, 2.75) is 52.4 Å². The molecule has 0 radical (unpaired) electrons. The first-order chi connectivity index (χ1) is 10.4. The lowest BCUT2D eigenvalue weighted by atomic mass is 10.1. The summed E-state index contributed by atoms with van der Waals surface area (Å²) >= 11 is 0. The monoisotopic (exact) mass is 300 g/mol. The third-order valence-corrected chi connectivity index (χ3v) is 2.85. The van der Waals surface area contributed by atoms with Crippen molar-refractivity contribution >= 4 is 11.6 Å². The van der Waals surface area contributed by atoms with Crippen molar-refractivity contribution < 1.29 is 9.59 Å². The van der Waals surface area contributed by atoms with Crippen LogP contribution in [0.5, 0.6) is 0 Å². The molecule has 0 amide bonds. The summed E-state index contributed by atoms with van der Waals surface area (Å²) in [5.74, 6) is 0.0264. The summed E-state index contributed by atoms with van der Waals surface area (Å²) in [7, 11) is 0. The van der Waals surface area contributed by atoms with Crippen LogP contribution in [-0.2, 0) is 9.59 Å². The molecule has 2 nitrogen and oxygen atoms in total. The fourth-order valence-corrected chi connectivity index (χ4v) is 1.71. The molecule has 120 valence electrons. The highest BCUT2D eigenvalue weighted by Crippen LogP contribution is 2.03. The Labute approximate surface area is 135 Å². The van der Waals surface area contributed by atoms with Gasteiger partial charge in [0.25, 0.3) is 0 Å². The average Bonchev–Trinajstić information content (AvgIpc) is 2.43. The van der Waals surface area contributed by atoms with Crippen LogP contribution in [0.25, 0.3) is 0 Å². The van der Waals surface area contributed by atoms with Crippen LogP contribution in [-0.4, -0.2) is 11.6 Å². The zero-order valence-corrected chi connectivity index (χ0v) is 13.9. The smallest absolute Gasteiger partial charge is 0.155 e. The molecule has 0 unspecified atom stereocenters. The SMILES string of the molecule is C=C(C)/C=C/CCCC(=O)/C=C/C(=O)CCC/C=C/C(=C)C. The Hall–Kier alpha value is -1.96. The van der Waals surface area contributed by atoms with Crippen LogP contribution in [0.15, 0.2) is 60.8 Å². The summed E-state index contributed by atoms with van der Waals surface area (Å²) in [5.41, 5.74) is 2.02. The molecule has 0 aromatic carbocycles. The molecule has 0 rings (SSSR count). The summed E-state index contributed by atoms with van der Waals surface area (Å²) in [4.78, 5) is 23.2. The summed E-state index contributed by atoms with van der Waals surface area (Å²) in [5, 5.41) is 0. The molecule has 0 aromatic rings. The topological polar surface area (TPSA) is 34.1 Å². The molecule has 0 N–H and O–H groups in total. The van der Waals surface area contributed by atoms with Gasteiger partial charge in [-0.15, -0.1) is 0 Å². The molecule has 22 heavy (non-hydrogen) atoms. The van der Waals surface area contributed by atoms with Crippen molar-refractivity contribution in [2.75, 3.05) is 0 Å². The quantitative estimate of drug-likeness (QED) is 0.279. The van der Waals surface area contributed by atoms with Crippen LogP contribution < -0.4 is 0 Å². The Balaban J connectivity index is 3.80. The molecular formula is C20H28O2. The van der Waals surface area contributed by atoms with E-state index in [0.717, 1.165) is 36.8 Å². The van der Waals surface area contributed by atoms with Crippen molar-refractivity contribution in [3.05, 3.63) is 60.8 Å². The van der Waals surface area contributed by atoms with Crippen LogP contribution in [0.4, 0.5) is 0 Å². The van der Waals surface area contributed by atoms with Gasteiger partial charge in [0.1, 0.15) is 0 Å². The summed E-state index contributed by atoms with van der Waals surface area (Å²) < 4.78 is 0. The first kappa shape index (κ1) is 20.0. The lowest BCUT2D eigenvalue weighted by Crippen LogP contribution is -1.96. The normalized spacial score (nSPS) is 11.5. The number of carbonyl (C=O) groups is 2.